The molecule has 0 bridgehead atoms. The molecule has 3 rings (SSSR count). The van der Waals surface area contributed by atoms with Gasteiger partial charge in [-0.15, -0.1) is 11.3 Å². The van der Waals surface area contributed by atoms with Crippen molar-refractivity contribution in [1.29, 1.82) is 0 Å². The Morgan fingerprint density at radius 1 is 1.07 bits per heavy atom. The number of aromatic nitrogens is 1. The Morgan fingerprint density at radius 2 is 1.82 bits per heavy atom. The quantitative estimate of drug-likeness (QED) is 0.523. The van der Waals surface area contributed by atoms with Gasteiger partial charge in [0.05, 0.1) is 17.3 Å². The number of amides is 1. The van der Waals surface area contributed by atoms with E-state index in [1.54, 1.807) is 11.3 Å². The normalized spacial score (nSPS) is 10.6. The molecule has 0 saturated carbocycles. The number of hydrogen-bond donors (Lipinski definition) is 1. The van der Waals surface area contributed by atoms with Crippen molar-refractivity contribution >= 4 is 17.2 Å². The number of nitrogens with zero attached hydrogens (tertiary/aromatic N) is 1. The van der Waals surface area contributed by atoms with Gasteiger partial charge in [-0.25, -0.2) is 4.98 Å². The molecule has 0 aliphatic carbocycles. The van der Waals surface area contributed by atoms with E-state index in [-0.39, 0.29) is 5.91 Å². The summed E-state index contributed by atoms with van der Waals surface area (Å²) in [5, 5.41) is 6.13. The summed E-state index contributed by atoms with van der Waals surface area (Å²) in [6, 6.07) is 16.3. The van der Waals surface area contributed by atoms with Gasteiger partial charge in [0.2, 0.25) is 5.91 Å². The van der Waals surface area contributed by atoms with Crippen LogP contribution in [0, 0.1) is 13.8 Å². The maximum absolute atomic E-state index is 12.0. The lowest BCUT2D eigenvalue weighted by molar-refractivity contribution is -0.121. The first-order valence-corrected chi connectivity index (χ1v) is 10.5. The summed E-state index contributed by atoms with van der Waals surface area (Å²) in [4.78, 5) is 16.5. The van der Waals surface area contributed by atoms with Gasteiger partial charge < -0.3 is 10.1 Å². The summed E-state index contributed by atoms with van der Waals surface area (Å²) < 4.78 is 5.65. The van der Waals surface area contributed by atoms with Crippen LogP contribution in [0.1, 0.15) is 29.0 Å². The van der Waals surface area contributed by atoms with Gasteiger partial charge in [-0.1, -0.05) is 42.0 Å². The fourth-order valence-electron chi connectivity index (χ4n) is 2.83. The number of carbonyl (C=O) groups is 1. The summed E-state index contributed by atoms with van der Waals surface area (Å²) in [7, 11) is 0. The molecule has 0 unspecified atom stereocenters. The summed E-state index contributed by atoms with van der Waals surface area (Å²) >= 11 is 1.66. The molecule has 4 nitrogen and oxygen atoms in total. The van der Waals surface area contributed by atoms with Gasteiger partial charge in [0.25, 0.3) is 0 Å². The first kappa shape index (κ1) is 20.1. The van der Waals surface area contributed by atoms with E-state index in [1.165, 1.54) is 11.1 Å². The molecule has 146 valence electrons. The number of carbonyl (C=O) groups excluding carboxylic acids is 1. The molecule has 0 saturated heterocycles. The highest BCUT2D eigenvalue weighted by atomic mass is 32.1. The van der Waals surface area contributed by atoms with Crippen molar-refractivity contribution in [1.82, 2.24) is 10.3 Å². The van der Waals surface area contributed by atoms with Crippen LogP contribution in [0.2, 0.25) is 0 Å². The minimum atomic E-state index is 0.0714. The molecule has 1 amide bonds. The zero-order chi connectivity index (χ0) is 19.8. The van der Waals surface area contributed by atoms with Crippen LogP contribution in [0.25, 0.3) is 11.3 Å². The number of aryl methyl sites for hydroxylation is 2. The molecule has 0 fully saturated rings. The van der Waals surface area contributed by atoms with E-state index < -0.39 is 0 Å². The summed E-state index contributed by atoms with van der Waals surface area (Å²) in [6.45, 7) is 5.25. The summed E-state index contributed by atoms with van der Waals surface area (Å²) in [6.07, 6.45) is 2.01. The highest BCUT2D eigenvalue weighted by Gasteiger charge is 2.04. The van der Waals surface area contributed by atoms with Crippen molar-refractivity contribution in [3.8, 4) is 17.0 Å². The average Bonchev–Trinajstić information content (AvgIpc) is 3.13. The second-order valence-corrected chi connectivity index (χ2v) is 7.88. The molecule has 0 spiro atoms. The topological polar surface area (TPSA) is 51.2 Å². The Labute approximate surface area is 170 Å². The van der Waals surface area contributed by atoms with Crippen molar-refractivity contribution in [3.63, 3.8) is 0 Å². The van der Waals surface area contributed by atoms with Gasteiger partial charge in [0, 0.05) is 23.9 Å². The molecule has 3 aromatic rings. The Hall–Kier alpha value is -2.66. The zero-order valence-corrected chi connectivity index (χ0v) is 17.2. The third-order valence-electron chi connectivity index (χ3n) is 4.44. The molecule has 2 aromatic carbocycles. The zero-order valence-electron chi connectivity index (χ0n) is 16.4. The van der Waals surface area contributed by atoms with Crippen molar-refractivity contribution < 1.29 is 9.53 Å². The molecule has 0 radical (unpaired) electrons. The molecular formula is C23H26N2O2S. The highest BCUT2D eigenvalue weighted by Crippen LogP contribution is 2.21. The van der Waals surface area contributed by atoms with Crippen molar-refractivity contribution in [3.05, 3.63) is 70.0 Å². The summed E-state index contributed by atoms with van der Waals surface area (Å²) in [5.74, 6) is 0.921. The first-order valence-electron chi connectivity index (χ1n) is 9.58. The molecule has 1 N–H and O–H groups in total. The first-order chi connectivity index (χ1) is 13.6. The van der Waals surface area contributed by atoms with E-state index in [9.17, 15) is 4.79 Å². The number of ether oxygens (including phenoxy) is 1. The third kappa shape index (κ3) is 6.20. The molecule has 0 aliphatic heterocycles. The van der Waals surface area contributed by atoms with Crippen LogP contribution < -0.4 is 10.1 Å². The molecule has 1 aromatic heterocycles. The van der Waals surface area contributed by atoms with Crippen LogP contribution in [0.4, 0.5) is 0 Å². The molecule has 0 aliphatic rings. The fourth-order valence-corrected chi connectivity index (χ4v) is 3.45. The predicted octanol–water partition coefficient (Wildman–Crippen LogP) is 4.94. The third-order valence-corrected chi connectivity index (χ3v) is 5.22. The lowest BCUT2D eigenvalue weighted by Gasteiger charge is -2.08. The smallest absolute Gasteiger partial charge is 0.220 e. The highest BCUT2D eigenvalue weighted by molar-refractivity contribution is 7.09. The average molecular weight is 395 g/mol. The summed E-state index contributed by atoms with van der Waals surface area (Å²) in [5.41, 5.74) is 4.57. The van der Waals surface area contributed by atoms with Crippen molar-refractivity contribution in [2.75, 3.05) is 13.2 Å². The Kier molecular flexibility index (Phi) is 7.20. The number of rotatable bonds is 9. The van der Waals surface area contributed by atoms with Gasteiger partial charge in [-0.2, -0.15) is 0 Å². The molecule has 0 atom stereocenters. The van der Waals surface area contributed by atoms with Crippen LogP contribution in [-0.4, -0.2) is 24.0 Å². The number of thiazole rings is 1. The van der Waals surface area contributed by atoms with Gasteiger partial charge >= 0.3 is 0 Å². The Bertz CT molecular complexity index is 886. The second kappa shape index (κ2) is 10.0. The Balaban J connectivity index is 1.32. The van der Waals surface area contributed by atoms with Gasteiger partial charge in [0.15, 0.2) is 0 Å². The van der Waals surface area contributed by atoms with E-state index in [0.29, 0.717) is 26.0 Å². The standard InChI is InChI=1S/C23H26N2O2S/c1-17-5-11-21(12-6-17)27-15-3-4-23(26)24-14-13-19-7-9-20(10-8-19)22-16-28-18(2)25-22/h5-12,16H,3-4,13-15H2,1-2H3,(H,24,26). The SMILES string of the molecule is Cc1ccc(OCCCC(=O)NCCc2ccc(-c3csc(C)n3)cc2)cc1. The molecule has 5 heteroatoms. The fraction of sp³-hybridized carbons (Fsp3) is 0.304. The number of hydrogen-bond acceptors (Lipinski definition) is 4. The largest absolute Gasteiger partial charge is 0.494 e. The number of benzene rings is 2. The van der Waals surface area contributed by atoms with Crippen LogP contribution in [-0.2, 0) is 11.2 Å². The van der Waals surface area contributed by atoms with E-state index in [2.05, 4.69) is 39.9 Å². The minimum absolute atomic E-state index is 0.0714. The molecule has 28 heavy (non-hydrogen) atoms. The second-order valence-electron chi connectivity index (χ2n) is 6.81. The van der Waals surface area contributed by atoms with Crippen LogP contribution in [0.5, 0.6) is 5.75 Å². The Morgan fingerprint density at radius 3 is 2.50 bits per heavy atom. The van der Waals surface area contributed by atoms with Crippen LogP contribution >= 0.6 is 11.3 Å². The predicted molar refractivity (Wildman–Crippen MR) is 115 cm³/mol. The van der Waals surface area contributed by atoms with Crippen molar-refractivity contribution in [2.24, 2.45) is 0 Å². The number of nitrogens with one attached hydrogen (secondary N) is 1. The lowest BCUT2D eigenvalue weighted by atomic mass is 10.1. The van der Waals surface area contributed by atoms with E-state index in [1.807, 2.05) is 38.1 Å². The maximum atomic E-state index is 12.0. The molecule has 1 heterocycles. The van der Waals surface area contributed by atoms with Gasteiger partial charge in [0.1, 0.15) is 5.75 Å². The van der Waals surface area contributed by atoms with Crippen LogP contribution in [0.3, 0.4) is 0 Å². The van der Waals surface area contributed by atoms with E-state index in [0.717, 1.165) is 28.4 Å². The minimum Gasteiger partial charge on any atom is -0.494 e. The van der Waals surface area contributed by atoms with E-state index in [4.69, 9.17) is 4.74 Å². The molecular weight excluding hydrogens is 368 g/mol. The van der Waals surface area contributed by atoms with Gasteiger partial charge in [-0.05, 0) is 44.4 Å². The van der Waals surface area contributed by atoms with Crippen LogP contribution in [0.15, 0.2) is 53.9 Å². The van der Waals surface area contributed by atoms with Crippen molar-refractivity contribution in [2.45, 2.75) is 33.1 Å². The lowest BCUT2D eigenvalue weighted by Crippen LogP contribution is -2.25. The van der Waals surface area contributed by atoms with E-state index >= 15 is 0 Å². The van der Waals surface area contributed by atoms with Gasteiger partial charge in [-0.3, -0.25) is 4.79 Å². The monoisotopic (exact) mass is 394 g/mol. The maximum Gasteiger partial charge on any atom is 0.220 e.